The number of rotatable bonds is 7. The lowest BCUT2D eigenvalue weighted by Crippen LogP contribution is -2.40. The van der Waals surface area contributed by atoms with Gasteiger partial charge in [-0.05, 0) is 13.3 Å². The van der Waals surface area contributed by atoms with E-state index in [2.05, 4.69) is 10.3 Å². The molecular formula is C12H19N3O3S. The fourth-order valence-electron chi connectivity index (χ4n) is 1.58. The summed E-state index contributed by atoms with van der Waals surface area (Å²) in [4.78, 5) is 26.9. The number of amides is 1. The summed E-state index contributed by atoms with van der Waals surface area (Å²) in [6, 6.07) is -0.514. The largest absolute Gasteiger partial charge is 0.477 e. The molecule has 0 fully saturated rings. The highest BCUT2D eigenvalue weighted by Crippen LogP contribution is 2.17. The summed E-state index contributed by atoms with van der Waals surface area (Å²) in [5.74, 6) is -1.22. The predicted octanol–water partition coefficient (Wildman–Crippen LogP) is 1.28. The summed E-state index contributed by atoms with van der Waals surface area (Å²) in [6.07, 6.45) is 2.56. The number of nitrogens with zero attached hydrogens (tertiary/aromatic N) is 1. The van der Waals surface area contributed by atoms with Gasteiger partial charge in [0, 0.05) is 0 Å². The van der Waals surface area contributed by atoms with Gasteiger partial charge in [-0.1, -0.05) is 19.8 Å². The van der Waals surface area contributed by atoms with E-state index in [0.717, 1.165) is 24.2 Å². The Morgan fingerprint density at radius 2 is 2.21 bits per heavy atom. The Kier molecular flexibility index (Phi) is 5.91. The summed E-state index contributed by atoms with van der Waals surface area (Å²) >= 11 is 1.07. The third kappa shape index (κ3) is 4.60. The third-order valence-corrected chi connectivity index (χ3v) is 3.80. The molecule has 1 atom stereocenters. The lowest BCUT2D eigenvalue weighted by molar-refractivity contribution is -0.122. The SMILES string of the molecule is CCCCC(N)C(=O)NCc1nc(C)c(C(=O)O)s1. The highest BCUT2D eigenvalue weighted by atomic mass is 32.1. The summed E-state index contributed by atoms with van der Waals surface area (Å²) in [5.41, 5.74) is 6.20. The van der Waals surface area contributed by atoms with Crippen molar-refractivity contribution >= 4 is 23.2 Å². The van der Waals surface area contributed by atoms with Gasteiger partial charge >= 0.3 is 5.97 Å². The quantitative estimate of drug-likeness (QED) is 0.700. The van der Waals surface area contributed by atoms with Gasteiger partial charge in [-0.15, -0.1) is 11.3 Å². The molecule has 0 aliphatic heterocycles. The second-order valence-corrected chi connectivity index (χ2v) is 5.38. The zero-order chi connectivity index (χ0) is 14.4. The van der Waals surface area contributed by atoms with Crippen molar-refractivity contribution in [3.63, 3.8) is 0 Å². The first-order chi connectivity index (χ1) is 8.95. The molecule has 1 aromatic heterocycles. The highest BCUT2D eigenvalue weighted by molar-refractivity contribution is 7.13. The molecule has 1 heterocycles. The first kappa shape index (κ1) is 15.6. The topological polar surface area (TPSA) is 105 Å². The second-order valence-electron chi connectivity index (χ2n) is 4.29. The molecule has 19 heavy (non-hydrogen) atoms. The second kappa shape index (κ2) is 7.20. The zero-order valence-electron chi connectivity index (χ0n) is 11.1. The molecule has 1 aromatic rings. The fourth-order valence-corrected chi connectivity index (χ4v) is 2.42. The van der Waals surface area contributed by atoms with E-state index < -0.39 is 12.0 Å². The van der Waals surface area contributed by atoms with Gasteiger partial charge < -0.3 is 16.2 Å². The number of aromatic nitrogens is 1. The van der Waals surface area contributed by atoms with E-state index >= 15 is 0 Å². The van der Waals surface area contributed by atoms with Crippen LogP contribution >= 0.6 is 11.3 Å². The van der Waals surface area contributed by atoms with Crippen LogP contribution in [0.15, 0.2) is 0 Å². The van der Waals surface area contributed by atoms with Crippen LogP contribution in [-0.4, -0.2) is 28.0 Å². The molecule has 1 unspecified atom stereocenters. The molecule has 4 N–H and O–H groups in total. The third-order valence-electron chi connectivity index (χ3n) is 2.65. The zero-order valence-corrected chi connectivity index (χ0v) is 11.9. The maximum absolute atomic E-state index is 11.7. The molecule has 0 saturated carbocycles. The predicted molar refractivity (Wildman–Crippen MR) is 73.2 cm³/mol. The molecule has 0 aromatic carbocycles. The van der Waals surface area contributed by atoms with Crippen LogP contribution in [0.1, 0.15) is 46.6 Å². The Hall–Kier alpha value is -1.47. The molecule has 7 heteroatoms. The minimum atomic E-state index is -0.993. The number of nitrogens with two attached hydrogens (primary N) is 1. The maximum Gasteiger partial charge on any atom is 0.347 e. The van der Waals surface area contributed by atoms with Crippen LogP contribution in [0.2, 0.25) is 0 Å². The van der Waals surface area contributed by atoms with Crippen LogP contribution in [0.5, 0.6) is 0 Å². The number of carboxylic acid groups (broad SMARTS) is 1. The van der Waals surface area contributed by atoms with Crippen molar-refractivity contribution in [3.8, 4) is 0 Å². The van der Waals surface area contributed by atoms with E-state index in [1.807, 2.05) is 6.92 Å². The number of carbonyl (C=O) groups is 2. The van der Waals surface area contributed by atoms with Crippen molar-refractivity contribution in [1.82, 2.24) is 10.3 Å². The van der Waals surface area contributed by atoms with E-state index in [-0.39, 0.29) is 17.3 Å². The van der Waals surface area contributed by atoms with Crippen molar-refractivity contribution in [3.05, 3.63) is 15.6 Å². The molecule has 0 aliphatic carbocycles. The lowest BCUT2D eigenvalue weighted by atomic mass is 10.1. The Balaban J connectivity index is 2.50. The van der Waals surface area contributed by atoms with Gasteiger partial charge in [0.05, 0.1) is 18.3 Å². The van der Waals surface area contributed by atoms with E-state index in [1.165, 1.54) is 0 Å². The number of nitrogens with one attached hydrogen (secondary N) is 1. The van der Waals surface area contributed by atoms with Gasteiger partial charge in [0.15, 0.2) is 0 Å². The number of aryl methyl sites for hydroxylation is 1. The van der Waals surface area contributed by atoms with E-state index in [0.29, 0.717) is 17.1 Å². The lowest BCUT2D eigenvalue weighted by Gasteiger charge is -2.10. The Morgan fingerprint density at radius 3 is 2.74 bits per heavy atom. The molecule has 0 bridgehead atoms. The highest BCUT2D eigenvalue weighted by Gasteiger charge is 2.16. The number of hydrogen-bond acceptors (Lipinski definition) is 5. The van der Waals surface area contributed by atoms with Crippen molar-refractivity contribution in [1.29, 1.82) is 0 Å². The van der Waals surface area contributed by atoms with Gasteiger partial charge in [0.2, 0.25) is 5.91 Å². The molecule has 1 rings (SSSR count). The van der Waals surface area contributed by atoms with Crippen molar-refractivity contribution < 1.29 is 14.7 Å². The van der Waals surface area contributed by atoms with Gasteiger partial charge in [0.25, 0.3) is 0 Å². The van der Waals surface area contributed by atoms with Gasteiger partial charge in [-0.25, -0.2) is 9.78 Å². The number of thiazole rings is 1. The Morgan fingerprint density at radius 1 is 1.53 bits per heavy atom. The van der Waals surface area contributed by atoms with Crippen LogP contribution < -0.4 is 11.1 Å². The molecule has 0 saturated heterocycles. The van der Waals surface area contributed by atoms with Crippen molar-refractivity contribution in [2.75, 3.05) is 0 Å². The monoisotopic (exact) mass is 285 g/mol. The fraction of sp³-hybridized carbons (Fsp3) is 0.583. The normalized spacial score (nSPS) is 12.2. The molecule has 0 aliphatic rings. The maximum atomic E-state index is 11.7. The van der Waals surface area contributed by atoms with Gasteiger partial charge in [-0.3, -0.25) is 4.79 Å². The minimum absolute atomic E-state index is 0.208. The average Bonchev–Trinajstić information content (AvgIpc) is 2.74. The number of unbranched alkanes of at least 4 members (excludes halogenated alkanes) is 1. The number of carboxylic acids is 1. The van der Waals surface area contributed by atoms with Crippen LogP contribution in [0.4, 0.5) is 0 Å². The summed E-state index contributed by atoms with van der Waals surface area (Å²) in [5, 5.41) is 12.2. The molecular weight excluding hydrogens is 266 g/mol. The van der Waals surface area contributed by atoms with E-state index in [9.17, 15) is 9.59 Å². The summed E-state index contributed by atoms with van der Waals surface area (Å²) in [7, 11) is 0. The molecule has 1 amide bonds. The van der Waals surface area contributed by atoms with Gasteiger partial charge in [0.1, 0.15) is 9.88 Å². The van der Waals surface area contributed by atoms with Crippen LogP contribution in [0, 0.1) is 6.92 Å². The summed E-state index contributed by atoms with van der Waals surface area (Å²) < 4.78 is 0. The van der Waals surface area contributed by atoms with Crippen LogP contribution in [0.3, 0.4) is 0 Å². The first-order valence-electron chi connectivity index (χ1n) is 6.18. The van der Waals surface area contributed by atoms with Crippen LogP contribution in [-0.2, 0) is 11.3 Å². The van der Waals surface area contributed by atoms with Crippen molar-refractivity contribution in [2.45, 2.75) is 45.7 Å². The average molecular weight is 285 g/mol. The van der Waals surface area contributed by atoms with Gasteiger partial charge in [-0.2, -0.15) is 0 Å². The minimum Gasteiger partial charge on any atom is -0.477 e. The number of carbonyl (C=O) groups excluding carboxylic acids is 1. The molecule has 0 radical (unpaired) electrons. The van der Waals surface area contributed by atoms with Crippen molar-refractivity contribution in [2.24, 2.45) is 5.73 Å². The molecule has 106 valence electrons. The van der Waals surface area contributed by atoms with E-state index in [1.54, 1.807) is 6.92 Å². The Labute approximate surface area is 116 Å². The summed E-state index contributed by atoms with van der Waals surface area (Å²) in [6.45, 7) is 3.89. The molecule has 6 nitrogen and oxygen atoms in total. The number of aromatic carboxylic acids is 1. The smallest absolute Gasteiger partial charge is 0.347 e. The number of hydrogen-bond donors (Lipinski definition) is 3. The van der Waals surface area contributed by atoms with E-state index in [4.69, 9.17) is 10.8 Å². The molecule has 0 spiro atoms. The van der Waals surface area contributed by atoms with Crippen LogP contribution in [0.25, 0.3) is 0 Å². The first-order valence-corrected chi connectivity index (χ1v) is 7.00. The standard InChI is InChI=1S/C12H19N3O3S/c1-3-4-5-8(13)11(16)14-6-9-15-7(2)10(19-9)12(17)18/h8H,3-6,13H2,1-2H3,(H,14,16)(H,17,18). The Bertz CT molecular complexity index is 459.